The van der Waals surface area contributed by atoms with Crippen LogP contribution in [-0.2, 0) is 20.9 Å². The van der Waals surface area contributed by atoms with Crippen LogP contribution in [-0.4, -0.2) is 79.1 Å². The maximum absolute atomic E-state index is 13.5. The predicted molar refractivity (Wildman–Crippen MR) is 120 cm³/mol. The number of amides is 2. The third-order valence-corrected chi connectivity index (χ3v) is 6.12. The molecule has 2 fully saturated rings. The number of carbonyl (C=O) groups excluding carboxylic acids is 2. The average molecular weight is 458 g/mol. The van der Waals surface area contributed by atoms with Gasteiger partial charge in [0, 0.05) is 44.3 Å². The minimum Gasteiger partial charge on any atom is -0.480 e. The lowest BCUT2D eigenvalue weighted by molar-refractivity contribution is -0.151. The van der Waals surface area contributed by atoms with Crippen molar-refractivity contribution in [1.29, 1.82) is 0 Å². The lowest BCUT2D eigenvalue weighted by atomic mass is 10.1. The fourth-order valence-corrected chi connectivity index (χ4v) is 4.69. The number of ether oxygens (including phenoxy) is 1. The highest BCUT2D eigenvalue weighted by atomic mass is 16.6. The molecule has 0 saturated carbocycles. The first-order chi connectivity index (χ1) is 15.6. The Bertz CT molecular complexity index is 1050. The molecular weight excluding hydrogens is 426 g/mol. The van der Waals surface area contributed by atoms with Crippen LogP contribution in [0.15, 0.2) is 30.7 Å². The van der Waals surface area contributed by atoms with Gasteiger partial charge in [0.1, 0.15) is 23.3 Å². The standard InChI is InChI=1S/C23H31N5O5/c1-23(2,3)33-22(32)25-17-14-26(13-15-6-10-27-11-8-24-19(27)12-15)9-7-16-4-5-18(21(30)31)28(16)20(17)29/h6,8,10-12,16-18H,4-5,7,9,13-14H2,1-3H3,(H,25,32)(H,30,31)/t16-,17+,18+/m1/s1. The highest BCUT2D eigenvalue weighted by Crippen LogP contribution is 2.29. The summed E-state index contributed by atoms with van der Waals surface area (Å²) in [7, 11) is 0. The van der Waals surface area contributed by atoms with Gasteiger partial charge in [-0.15, -0.1) is 0 Å². The van der Waals surface area contributed by atoms with Crippen LogP contribution < -0.4 is 5.32 Å². The quantitative estimate of drug-likeness (QED) is 0.720. The molecule has 0 radical (unpaired) electrons. The summed E-state index contributed by atoms with van der Waals surface area (Å²) in [6.07, 6.45) is 6.60. The van der Waals surface area contributed by atoms with Crippen LogP contribution in [0, 0.1) is 0 Å². The molecule has 0 unspecified atom stereocenters. The molecule has 2 aliphatic rings. The van der Waals surface area contributed by atoms with E-state index in [9.17, 15) is 19.5 Å². The first kappa shape index (κ1) is 23.0. The maximum Gasteiger partial charge on any atom is 0.408 e. The minimum atomic E-state index is -1.01. The Hall–Kier alpha value is -3.14. The number of alkyl carbamates (subject to hydrolysis) is 1. The number of pyridine rings is 1. The second kappa shape index (κ2) is 9.01. The average Bonchev–Trinajstić information content (AvgIpc) is 3.35. The van der Waals surface area contributed by atoms with E-state index in [2.05, 4.69) is 15.2 Å². The van der Waals surface area contributed by atoms with E-state index in [4.69, 9.17) is 4.74 Å². The highest BCUT2D eigenvalue weighted by Gasteiger charge is 2.45. The van der Waals surface area contributed by atoms with Crippen LogP contribution >= 0.6 is 0 Å². The summed E-state index contributed by atoms with van der Waals surface area (Å²) in [5.74, 6) is -1.38. The summed E-state index contributed by atoms with van der Waals surface area (Å²) in [6, 6.07) is 2.07. The Kier molecular flexibility index (Phi) is 6.29. The molecular formula is C23H31N5O5. The number of carbonyl (C=O) groups is 3. The molecule has 10 nitrogen and oxygen atoms in total. The summed E-state index contributed by atoms with van der Waals surface area (Å²) < 4.78 is 7.30. The molecule has 2 aliphatic heterocycles. The Labute approximate surface area is 192 Å². The van der Waals surface area contributed by atoms with E-state index in [0.29, 0.717) is 32.4 Å². The van der Waals surface area contributed by atoms with Crippen molar-refractivity contribution in [2.75, 3.05) is 13.1 Å². The van der Waals surface area contributed by atoms with E-state index in [0.717, 1.165) is 11.2 Å². The van der Waals surface area contributed by atoms with E-state index in [1.165, 1.54) is 4.90 Å². The third kappa shape index (κ3) is 5.27. The lowest BCUT2D eigenvalue weighted by Crippen LogP contribution is -2.59. The molecule has 0 aliphatic carbocycles. The smallest absolute Gasteiger partial charge is 0.408 e. The fourth-order valence-electron chi connectivity index (χ4n) is 4.69. The van der Waals surface area contributed by atoms with Gasteiger partial charge in [0.15, 0.2) is 0 Å². The van der Waals surface area contributed by atoms with Gasteiger partial charge in [0.25, 0.3) is 0 Å². The number of hydrogen-bond donors (Lipinski definition) is 2. The molecule has 33 heavy (non-hydrogen) atoms. The third-order valence-electron chi connectivity index (χ3n) is 6.12. The molecule has 2 saturated heterocycles. The lowest BCUT2D eigenvalue weighted by Gasteiger charge is -2.38. The van der Waals surface area contributed by atoms with Crippen LogP contribution in [0.4, 0.5) is 4.79 Å². The van der Waals surface area contributed by atoms with Crippen molar-refractivity contribution >= 4 is 23.6 Å². The molecule has 0 spiro atoms. The van der Waals surface area contributed by atoms with Crippen molar-refractivity contribution in [3.8, 4) is 0 Å². The monoisotopic (exact) mass is 457 g/mol. The van der Waals surface area contributed by atoms with E-state index in [1.54, 1.807) is 27.0 Å². The van der Waals surface area contributed by atoms with Crippen molar-refractivity contribution in [2.45, 2.75) is 70.3 Å². The zero-order chi connectivity index (χ0) is 23.8. The second-order valence-electron chi connectivity index (χ2n) is 9.78. The van der Waals surface area contributed by atoms with E-state index in [1.807, 2.05) is 28.9 Å². The summed E-state index contributed by atoms with van der Waals surface area (Å²) in [4.78, 5) is 45.7. The number of fused-ring (bicyclic) bond motifs is 2. The zero-order valence-corrected chi connectivity index (χ0v) is 19.2. The summed E-state index contributed by atoms with van der Waals surface area (Å²) in [5, 5.41) is 12.3. The molecule has 0 bridgehead atoms. The van der Waals surface area contributed by atoms with Gasteiger partial charge in [-0.05, 0) is 57.7 Å². The normalized spacial score (nSPS) is 24.3. The molecule has 2 aromatic heterocycles. The van der Waals surface area contributed by atoms with Gasteiger partial charge in [-0.3, -0.25) is 9.69 Å². The van der Waals surface area contributed by atoms with Crippen LogP contribution in [0.3, 0.4) is 0 Å². The summed E-state index contributed by atoms with van der Waals surface area (Å²) in [6.45, 7) is 6.77. The van der Waals surface area contributed by atoms with Crippen molar-refractivity contribution in [2.24, 2.45) is 0 Å². The minimum absolute atomic E-state index is 0.167. The molecule has 10 heteroatoms. The second-order valence-corrected chi connectivity index (χ2v) is 9.78. The largest absolute Gasteiger partial charge is 0.480 e. The highest BCUT2D eigenvalue weighted by molar-refractivity contribution is 5.90. The van der Waals surface area contributed by atoms with Gasteiger partial charge < -0.3 is 24.5 Å². The molecule has 4 heterocycles. The van der Waals surface area contributed by atoms with Gasteiger partial charge in [0.2, 0.25) is 5.91 Å². The van der Waals surface area contributed by atoms with Crippen LogP contribution in [0.5, 0.6) is 0 Å². The van der Waals surface area contributed by atoms with Crippen molar-refractivity contribution in [3.63, 3.8) is 0 Å². The molecule has 0 aromatic carbocycles. The molecule has 2 amide bonds. The molecule has 2 aromatic rings. The summed E-state index contributed by atoms with van der Waals surface area (Å²) in [5.41, 5.74) is 1.17. The van der Waals surface area contributed by atoms with Crippen LogP contribution in [0.25, 0.3) is 5.65 Å². The van der Waals surface area contributed by atoms with Gasteiger partial charge >= 0.3 is 12.1 Å². The maximum atomic E-state index is 13.5. The molecule has 3 atom stereocenters. The zero-order valence-electron chi connectivity index (χ0n) is 19.2. The number of rotatable bonds is 4. The Balaban J connectivity index is 1.56. The summed E-state index contributed by atoms with van der Waals surface area (Å²) >= 11 is 0. The van der Waals surface area contributed by atoms with Crippen molar-refractivity contribution < 1.29 is 24.2 Å². The first-order valence-electron chi connectivity index (χ1n) is 11.3. The number of nitrogens with one attached hydrogen (secondary N) is 1. The van der Waals surface area contributed by atoms with Gasteiger partial charge in [-0.25, -0.2) is 14.6 Å². The first-order valence-corrected chi connectivity index (χ1v) is 11.3. The van der Waals surface area contributed by atoms with Gasteiger partial charge in [-0.2, -0.15) is 0 Å². The Morgan fingerprint density at radius 1 is 1.24 bits per heavy atom. The number of carboxylic acids is 1. The number of aliphatic carboxylic acids is 1. The van der Waals surface area contributed by atoms with Gasteiger partial charge in [0.05, 0.1) is 0 Å². The number of nitrogens with zero attached hydrogens (tertiary/aromatic N) is 4. The SMILES string of the molecule is CC(C)(C)OC(=O)N[C@H]1CN(Cc2ccn3ccnc3c2)CC[C@H]2CC[C@@H](C(=O)O)N2C1=O. The Morgan fingerprint density at radius 2 is 2.03 bits per heavy atom. The number of carboxylic acid groups (broad SMARTS) is 1. The molecule has 2 N–H and O–H groups in total. The molecule has 4 rings (SSSR count). The Morgan fingerprint density at radius 3 is 2.76 bits per heavy atom. The predicted octanol–water partition coefficient (Wildman–Crippen LogP) is 1.88. The topological polar surface area (TPSA) is 116 Å². The van der Waals surface area contributed by atoms with Crippen molar-refractivity contribution in [3.05, 3.63) is 36.3 Å². The number of imidazole rings is 1. The molecule has 178 valence electrons. The number of hydrogen-bond acceptors (Lipinski definition) is 6. The fraction of sp³-hybridized carbons (Fsp3) is 0.565. The van der Waals surface area contributed by atoms with E-state index >= 15 is 0 Å². The van der Waals surface area contributed by atoms with E-state index in [-0.39, 0.29) is 18.5 Å². The van der Waals surface area contributed by atoms with Crippen LogP contribution in [0.2, 0.25) is 0 Å². The van der Waals surface area contributed by atoms with Crippen LogP contribution in [0.1, 0.15) is 45.6 Å². The number of aromatic nitrogens is 2. The van der Waals surface area contributed by atoms with Crippen molar-refractivity contribution in [1.82, 2.24) is 24.5 Å². The van der Waals surface area contributed by atoms with Gasteiger partial charge in [-0.1, -0.05) is 0 Å². The van der Waals surface area contributed by atoms with E-state index < -0.39 is 29.7 Å².